The molecule has 0 amide bonds. The average molecular weight is 564 g/mol. The zero-order chi connectivity index (χ0) is 29.0. The van der Waals surface area contributed by atoms with Crippen molar-refractivity contribution in [3.63, 3.8) is 0 Å². The molecule has 12 heteroatoms. The number of phenolic OH excluding ortho intramolecular Hbond substituents is 1. The number of alkyl halides is 3. The molecule has 1 aromatic heterocycles. The predicted octanol–water partition coefficient (Wildman–Crippen LogP) is 5.26. The van der Waals surface area contributed by atoms with Crippen LogP contribution in [0.5, 0.6) is 17.2 Å². The van der Waals surface area contributed by atoms with Crippen molar-refractivity contribution in [2.24, 2.45) is 5.92 Å². The third-order valence-electron chi connectivity index (χ3n) is 6.45. The number of phenols is 1. The minimum absolute atomic E-state index is 0.0186. The number of nitrogens with zero attached hydrogens (tertiary/aromatic N) is 1. The van der Waals surface area contributed by atoms with Crippen LogP contribution in [0.1, 0.15) is 48.4 Å². The van der Waals surface area contributed by atoms with Gasteiger partial charge in [0, 0.05) is 13.1 Å². The smallest absolute Gasteiger partial charge is 0.453 e. The zero-order valence-electron chi connectivity index (χ0n) is 21.9. The highest BCUT2D eigenvalue weighted by Crippen LogP contribution is 2.40. The van der Waals surface area contributed by atoms with Gasteiger partial charge < -0.3 is 23.7 Å². The van der Waals surface area contributed by atoms with Gasteiger partial charge in [0.25, 0.3) is 5.76 Å². The summed E-state index contributed by atoms with van der Waals surface area (Å²) in [7, 11) is 0. The fraction of sp³-hybridized carbons (Fsp3) is 0.393. The lowest BCUT2D eigenvalue weighted by Crippen LogP contribution is -2.39. The first kappa shape index (κ1) is 28.9. The topological polar surface area (TPSA) is 116 Å². The number of rotatable bonds is 8. The monoisotopic (exact) mass is 563 g/mol. The molecule has 4 rings (SSSR count). The number of halogens is 3. The van der Waals surface area contributed by atoms with Crippen molar-refractivity contribution < 1.29 is 46.5 Å². The molecular formula is C28H28F3NO8. The Morgan fingerprint density at radius 2 is 1.77 bits per heavy atom. The van der Waals surface area contributed by atoms with Gasteiger partial charge in [-0.05, 0) is 69.6 Å². The number of hydrogen-bond acceptors (Lipinski definition) is 9. The molecule has 2 aromatic carbocycles. The Kier molecular flexibility index (Phi) is 8.67. The number of piperidine rings is 1. The third kappa shape index (κ3) is 6.22. The van der Waals surface area contributed by atoms with Gasteiger partial charge in [-0.25, -0.2) is 4.79 Å². The summed E-state index contributed by atoms with van der Waals surface area (Å²) in [6.07, 6.45) is -3.87. The first-order valence-electron chi connectivity index (χ1n) is 12.8. The number of esters is 2. The SMILES string of the molecule is CCOC(=O)c1ccc(Oc2c(C(F)(F)F)oc3c(CN4CCCC(C(=O)OCC)C4)c(O)ccc3c2=O)cc1. The molecule has 214 valence electrons. The summed E-state index contributed by atoms with van der Waals surface area (Å²) in [6.45, 7) is 4.43. The Labute approximate surface area is 227 Å². The summed E-state index contributed by atoms with van der Waals surface area (Å²) >= 11 is 0. The molecule has 1 unspecified atom stereocenters. The second-order valence-corrected chi connectivity index (χ2v) is 9.20. The molecule has 40 heavy (non-hydrogen) atoms. The molecule has 1 aliphatic rings. The van der Waals surface area contributed by atoms with Crippen LogP contribution >= 0.6 is 0 Å². The highest BCUT2D eigenvalue weighted by molar-refractivity contribution is 5.89. The van der Waals surface area contributed by atoms with Crippen molar-refractivity contribution in [1.82, 2.24) is 4.90 Å². The fourth-order valence-corrected chi connectivity index (χ4v) is 4.59. The molecule has 3 aromatic rings. The number of hydrogen-bond donors (Lipinski definition) is 1. The first-order valence-corrected chi connectivity index (χ1v) is 12.8. The maximum atomic E-state index is 14.1. The Hall–Kier alpha value is -4.06. The summed E-state index contributed by atoms with van der Waals surface area (Å²) in [5, 5.41) is 10.3. The second kappa shape index (κ2) is 12.0. The lowest BCUT2D eigenvalue weighted by Gasteiger charge is -2.31. The second-order valence-electron chi connectivity index (χ2n) is 9.20. The van der Waals surface area contributed by atoms with E-state index in [0.29, 0.717) is 19.4 Å². The van der Waals surface area contributed by atoms with E-state index in [2.05, 4.69) is 0 Å². The molecular weight excluding hydrogens is 535 g/mol. The van der Waals surface area contributed by atoms with Gasteiger partial charge in [-0.15, -0.1) is 0 Å². The van der Waals surface area contributed by atoms with Crippen LogP contribution in [-0.2, 0) is 27.0 Å². The zero-order valence-corrected chi connectivity index (χ0v) is 21.9. The quantitative estimate of drug-likeness (QED) is 0.367. The summed E-state index contributed by atoms with van der Waals surface area (Å²) in [4.78, 5) is 39.2. The lowest BCUT2D eigenvalue weighted by molar-refractivity contribution is -0.154. The molecule has 0 bridgehead atoms. The third-order valence-corrected chi connectivity index (χ3v) is 6.45. The highest BCUT2D eigenvalue weighted by atomic mass is 19.4. The molecule has 0 spiro atoms. The predicted molar refractivity (Wildman–Crippen MR) is 136 cm³/mol. The Balaban J connectivity index is 1.72. The Bertz CT molecular complexity index is 1450. The number of carbonyl (C=O) groups excluding carboxylic acids is 2. The molecule has 2 heterocycles. The largest absolute Gasteiger partial charge is 0.507 e. The maximum absolute atomic E-state index is 14.1. The number of benzene rings is 2. The standard InChI is InChI=1S/C28H28F3NO8/c1-3-37-26(35)16-7-9-18(10-8-16)39-24-22(34)19-11-12-21(33)20(23(19)40-25(24)28(29,30)31)15-32-13-5-6-17(14-32)27(36)38-4-2/h7-12,17,33H,3-6,13-15H2,1-2H3. The van der Waals surface area contributed by atoms with Crippen LogP contribution in [0.3, 0.4) is 0 Å². The lowest BCUT2D eigenvalue weighted by atomic mass is 9.97. The van der Waals surface area contributed by atoms with Crippen molar-refractivity contribution in [3.05, 3.63) is 63.5 Å². The van der Waals surface area contributed by atoms with Gasteiger partial charge in [-0.3, -0.25) is 14.5 Å². The van der Waals surface area contributed by atoms with E-state index >= 15 is 0 Å². The molecule has 9 nitrogen and oxygen atoms in total. The van der Waals surface area contributed by atoms with Crippen LogP contribution in [0, 0.1) is 5.92 Å². The number of aromatic hydroxyl groups is 1. The number of likely N-dealkylation sites (tertiary alicyclic amines) is 1. The van der Waals surface area contributed by atoms with Gasteiger partial charge in [0.05, 0.1) is 35.6 Å². The van der Waals surface area contributed by atoms with Crippen LogP contribution in [0.15, 0.2) is 45.6 Å². The van der Waals surface area contributed by atoms with Crippen molar-refractivity contribution in [2.75, 3.05) is 26.3 Å². The molecule has 0 radical (unpaired) electrons. The van der Waals surface area contributed by atoms with Gasteiger partial charge in [0.1, 0.15) is 17.1 Å². The number of fused-ring (bicyclic) bond motifs is 1. The fourth-order valence-electron chi connectivity index (χ4n) is 4.59. The van der Waals surface area contributed by atoms with E-state index in [4.69, 9.17) is 18.6 Å². The molecule has 1 atom stereocenters. The summed E-state index contributed by atoms with van der Waals surface area (Å²) in [5.41, 5.74) is -1.39. The van der Waals surface area contributed by atoms with E-state index in [0.717, 1.165) is 6.07 Å². The van der Waals surface area contributed by atoms with E-state index in [1.807, 2.05) is 0 Å². The average Bonchev–Trinajstić information content (AvgIpc) is 2.92. The number of ether oxygens (including phenoxy) is 3. The Morgan fingerprint density at radius 1 is 1.07 bits per heavy atom. The molecule has 1 N–H and O–H groups in total. The van der Waals surface area contributed by atoms with Gasteiger partial charge in [0.15, 0.2) is 0 Å². The maximum Gasteiger partial charge on any atom is 0.453 e. The first-order chi connectivity index (χ1) is 19.0. The van der Waals surface area contributed by atoms with E-state index in [9.17, 15) is 32.7 Å². The van der Waals surface area contributed by atoms with Crippen LogP contribution in [0.2, 0.25) is 0 Å². The van der Waals surface area contributed by atoms with Crippen molar-refractivity contribution in [1.29, 1.82) is 0 Å². The van der Waals surface area contributed by atoms with Crippen LogP contribution in [0.4, 0.5) is 13.2 Å². The van der Waals surface area contributed by atoms with Gasteiger partial charge in [-0.1, -0.05) is 0 Å². The van der Waals surface area contributed by atoms with Gasteiger partial charge in [0.2, 0.25) is 11.2 Å². The van der Waals surface area contributed by atoms with E-state index < -0.39 is 40.6 Å². The van der Waals surface area contributed by atoms with Crippen LogP contribution < -0.4 is 10.2 Å². The van der Waals surface area contributed by atoms with Gasteiger partial charge >= 0.3 is 18.1 Å². The summed E-state index contributed by atoms with van der Waals surface area (Å²) in [5.74, 6) is -4.65. The van der Waals surface area contributed by atoms with E-state index in [-0.39, 0.29) is 60.3 Å². The van der Waals surface area contributed by atoms with Crippen molar-refractivity contribution >= 4 is 22.9 Å². The normalized spacial score (nSPS) is 16.1. The summed E-state index contributed by atoms with van der Waals surface area (Å²) < 4.78 is 63.0. The van der Waals surface area contributed by atoms with E-state index in [1.54, 1.807) is 18.7 Å². The van der Waals surface area contributed by atoms with Crippen LogP contribution in [0.25, 0.3) is 11.0 Å². The van der Waals surface area contributed by atoms with Gasteiger partial charge in [-0.2, -0.15) is 13.2 Å². The van der Waals surface area contributed by atoms with Crippen LogP contribution in [-0.4, -0.2) is 48.2 Å². The van der Waals surface area contributed by atoms with Crippen molar-refractivity contribution in [3.8, 4) is 17.2 Å². The van der Waals surface area contributed by atoms with E-state index in [1.165, 1.54) is 30.3 Å². The molecule has 0 aliphatic carbocycles. The summed E-state index contributed by atoms with van der Waals surface area (Å²) in [6, 6.07) is 7.41. The Morgan fingerprint density at radius 3 is 2.42 bits per heavy atom. The minimum Gasteiger partial charge on any atom is -0.507 e. The highest BCUT2D eigenvalue weighted by Gasteiger charge is 2.41. The minimum atomic E-state index is -5.11. The number of carbonyl (C=O) groups is 2. The molecule has 1 saturated heterocycles. The molecule has 1 fully saturated rings. The molecule has 1 aliphatic heterocycles. The van der Waals surface area contributed by atoms with Crippen molar-refractivity contribution in [2.45, 2.75) is 39.4 Å². The molecule has 0 saturated carbocycles.